The third kappa shape index (κ3) is 2.34. The standard InChI is InChI=1S/C12H5ClF3NO/c13-10-3-1-7(5-9(10)12(14,15)16)11-4-2-8(6-17)18-11/h1-5H. The average molecular weight is 272 g/mol. The highest BCUT2D eigenvalue weighted by molar-refractivity contribution is 6.31. The van der Waals surface area contributed by atoms with Gasteiger partial charge < -0.3 is 4.42 Å². The second kappa shape index (κ2) is 4.39. The van der Waals surface area contributed by atoms with Crippen LogP contribution in [-0.2, 0) is 6.18 Å². The minimum Gasteiger partial charge on any atom is -0.446 e. The van der Waals surface area contributed by atoms with Crippen LogP contribution in [0.2, 0.25) is 5.02 Å². The molecular formula is C12H5ClF3NO. The van der Waals surface area contributed by atoms with Gasteiger partial charge in [0.25, 0.3) is 0 Å². The van der Waals surface area contributed by atoms with E-state index in [9.17, 15) is 13.2 Å². The molecule has 0 aliphatic rings. The number of furan rings is 1. The fourth-order valence-corrected chi connectivity index (χ4v) is 1.67. The Morgan fingerprint density at radius 2 is 1.89 bits per heavy atom. The minimum atomic E-state index is -4.53. The molecule has 1 aromatic heterocycles. The van der Waals surface area contributed by atoms with Crippen LogP contribution in [0.4, 0.5) is 13.2 Å². The first-order chi connectivity index (χ1) is 8.41. The van der Waals surface area contributed by atoms with Crippen molar-refractivity contribution < 1.29 is 17.6 Å². The highest BCUT2D eigenvalue weighted by Crippen LogP contribution is 2.37. The van der Waals surface area contributed by atoms with Gasteiger partial charge in [0.1, 0.15) is 11.8 Å². The van der Waals surface area contributed by atoms with Crippen molar-refractivity contribution in [1.82, 2.24) is 0 Å². The Hall–Kier alpha value is -1.93. The van der Waals surface area contributed by atoms with Crippen LogP contribution >= 0.6 is 11.6 Å². The number of halogens is 4. The first-order valence-electron chi connectivity index (χ1n) is 4.79. The minimum absolute atomic E-state index is 0.0357. The lowest BCUT2D eigenvalue weighted by molar-refractivity contribution is -0.137. The van der Waals surface area contributed by atoms with Crippen LogP contribution in [0.1, 0.15) is 11.3 Å². The SMILES string of the molecule is N#Cc1ccc(-c2ccc(Cl)c(C(F)(F)F)c2)o1. The summed E-state index contributed by atoms with van der Waals surface area (Å²) < 4.78 is 43.0. The summed E-state index contributed by atoms with van der Waals surface area (Å²) in [6.07, 6.45) is -4.53. The predicted octanol–water partition coefficient (Wildman–Crippen LogP) is 4.49. The fourth-order valence-electron chi connectivity index (χ4n) is 1.45. The highest BCUT2D eigenvalue weighted by Gasteiger charge is 2.33. The van der Waals surface area contributed by atoms with Crippen molar-refractivity contribution in [1.29, 1.82) is 5.26 Å². The molecule has 0 radical (unpaired) electrons. The molecule has 0 aliphatic heterocycles. The zero-order valence-electron chi connectivity index (χ0n) is 8.75. The summed E-state index contributed by atoms with van der Waals surface area (Å²) >= 11 is 5.50. The number of hydrogen-bond acceptors (Lipinski definition) is 2. The van der Waals surface area contributed by atoms with E-state index in [1.54, 1.807) is 6.07 Å². The molecule has 2 aromatic rings. The van der Waals surface area contributed by atoms with Gasteiger partial charge in [-0.15, -0.1) is 0 Å². The van der Waals surface area contributed by atoms with Crippen molar-refractivity contribution in [3.8, 4) is 17.4 Å². The predicted molar refractivity (Wildman–Crippen MR) is 58.9 cm³/mol. The van der Waals surface area contributed by atoms with E-state index in [1.165, 1.54) is 18.2 Å². The second-order valence-electron chi connectivity index (χ2n) is 3.47. The zero-order valence-corrected chi connectivity index (χ0v) is 9.51. The molecule has 1 aromatic carbocycles. The van der Waals surface area contributed by atoms with Crippen LogP contribution < -0.4 is 0 Å². The molecule has 0 saturated carbocycles. The summed E-state index contributed by atoms with van der Waals surface area (Å²) in [5, 5.41) is 8.20. The highest BCUT2D eigenvalue weighted by atomic mass is 35.5. The largest absolute Gasteiger partial charge is 0.446 e. The van der Waals surface area contributed by atoms with Crippen LogP contribution in [-0.4, -0.2) is 0 Å². The van der Waals surface area contributed by atoms with Crippen molar-refractivity contribution in [3.63, 3.8) is 0 Å². The molecule has 0 fully saturated rings. The maximum atomic E-state index is 12.6. The van der Waals surface area contributed by atoms with Gasteiger partial charge in [0, 0.05) is 5.56 Å². The molecule has 0 bridgehead atoms. The molecule has 6 heteroatoms. The quantitative estimate of drug-likeness (QED) is 0.766. The van der Waals surface area contributed by atoms with Gasteiger partial charge in [-0.05, 0) is 30.3 Å². The summed E-state index contributed by atoms with van der Waals surface area (Å²) in [4.78, 5) is 0. The van der Waals surface area contributed by atoms with Crippen LogP contribution in [0.25, 0.3) is 11.3 Å². The number of alkyl halides is 3. The van der Waals surface area contributed by atoms with E-state index < -0.39 is 11.7 Å². The van der Waals surface area contributed by atoms with E-state index >= 15 is 0 Å². The average Bonchev–Trinajstić information content (AvgIpc) is 2.76. The Bertz CT molecular complexity index is 625. The lowest BCUT2D eigenvalue weighted by Crippen LogP contribution is -2.05. The third-order valence-electron chi connectivity index (χ3n) is 2.27. The lowest BCUT2D eigenvalue weighted by Gasteiger charge is -2.09. The van der Waals surface area contributed by atoms with Gasteiger partial charge in [0.05, 0.1) is 10.6 Å². The first-order valence-corrected chi connectivity index (χ1v) is 5.16. The maximum Gasteiger partial charge on any atom is 0.417 e. The van der Waals surface area contributed by atoms with Crippen molar-refractivity contribution in [2.75, 3.05) is 0 Å². The Kier molecular flexibility index (Phi) is 3.05. The molecule has 0 spiro atoms. The smallest absolute Gasteiger partial charge is 0.417 e. The number of nitriles is 1. The van der Waals surface area contributed by atoms with Crippen LogP contribution in [0.15, 0.2) is 34.7 Å². The van der Waals surface area contributed by atoms with E-state index in [-0.39, 0.29) is 22.1 Å². The van der Waals surface area contributed by atoms with E-state index in [2.05, 4.69) is 0 Å². The molecule has 0 amide bonds. The third-order valence-corrected chi connectivity index (χ3v) is 2.60. The summed E-state index contributed by atoms with van der Waals surface area (Å²) in [5.41, 5.74) is -0.718. The van der Waals surface area contributed by atoms with Crippen molar-refractivity contribution in [2.45, 2.75) is 6.18 Å². The van der Waals surface area contributed by atoms with Crippen LogP contribution in [0.5, 0.6) is 0 Å². The molecule has 18 heavy (non-hydrogen) atoms. The topological polar surface area (TPSA) is 36.9 Å². The number of rotatable bonds is 1. The zero-order chi connectivity index (χ0) is 13.3. The Morgan fingerprint density at radius 3 is 2.44 bits per heavy atom. The molecule has 1 heterocycles. The number of hydrogen-bond donors (Lipinski definition) is 0. The first kappa shape index (κ1) is 12.5. The molecule has 2 rings (SSSR count). The van der Waals surface area contributed by atoms with E-state index in [1.807, 2.05) is 0 Å². The molecule has 0 aliphatic carbocycles. The van der Waals surface area contributed by atoms with Gasteiger partial charge in [-0.3, -0.25) is 0 Å². The summed E-state index contributed by atoms with van der Waals surface area (Å²) in [7, 11) is 0. The van der Waals surface area contributed by atoms with Crippen molar-refractivity contribution in [3.05, 3.63) is 46.7 Å². The van der Waals surface area contributed by atoms with Gasteiger partial charge >= 0.3 is 6.18 Å². The van der Waals surface area contributed by atoms with Gasteiger partial charge in [0.15, 0.2) is 0 Å². The molecule has 2 nitrogen and oxygen atoms in total. The van der Waals surface area contributed by atoms with Gasteiger partial charge in [0.2, 0.25) is 5.76 Å². The van der Waals surface area contributed by atoms with Gasteiger partial charge in [-0.1, -0.05) is 11.6 Å². The molecule has 0 saturated heterocycles. The normalized spacial score (nSPS) is 11.3. The van der Waals surface area contributed by atoms with E-state index in [0.717, 1.165) is 12.1 Å². The van der Waals surface area contributed by atoms with E-state index in [4.69, 9.17) is 21.3 Å². The monoisotopic (exact) mass is 271 g/mol. The summed E-state index contributed by atoms with van der Waals surface area (Å²) in [6.45, 7) is 0. The maximum absolute atomic E-state index is 12.6. The van der Waals surface area contributed by atoms with Gasteiger partial charge in [-0.2, -0.15) is 18.4 Å². The Morgan fingerprint density at radius 1 is 1.17 bits per heavy atom. The van der Waals surface area contributed by atoms with Crippen LogP contribution in [0.3, 0.4) is 0 Å². The molecule has 92 valence electrons. The van der Waals surface area contributed by atoms with Crippen molar-refractivity contribution in [2.24, 2.45) is 0 Å². The molecule has 0 unspecified atom stereocenters. The molecular weight excluding hydrogens is 267 g/mol. The lowest BCUT2D eigenvalue weighted by atomic mass is 10.1. The van der Waals surface area contributed by atoms with E-state index in [0.29, 0.717) is 0 Å². The number of benzene rings is 1. The Labute approximate surface area is 105 Å². The van der Waals surface area contributed by atoms with Gasteiger partial charge in [-0.25, -0.2) is 0 Å². The fraction of sp³-hybridized carbons (Fsp3) is 0.0833. The summed E-state index contributed by atoms with van der Waals surface area (Å²) in [5.74, 6) is 0.224. The molecule has 0 atom stereocenters. The second-order valence-corrected chi connectivity index (χ2v) is 3.88. The summed E-state index contributed by atoms with van der Waals surface area (Å²) in [6, 6.07) is 8.02. The van der Waals surface area contributed by atoms with Crippen LogP contribution in [0, 0.1) is 11.3 Å². The number of nitrogens with zero attached hydrogens (tertiary/aromatic N) is 1. The van der Waals surface area contributed by atoms with Crippen molar-refractivity contribution >= 4 is 11.6 Å². The Balaban J connectivity index is 2.51. The molecule has 0 N–H and O–H groups in total.